The molecule has 0 bridgehead atoms. The van der Waals surface area contributed by atoms with Crippen LogP contribution in [-0.2, 0) is 9.53 Å². The lowest BCUT2D eigenvalue weighted by atomic mass is 9.76. The third kappa shape index (κ3) is 6.35. The second-order valence-electron chi connectivity index (χ2n) is 6.96. The van der Waals surface area contributed by atoms with Crippen molar-refractivity contribution in [1.29, 1.82) is 0 Å². The van der Waals surface area contributed by atoms with E-state index in [1.54, 1.807) is 0 Å². The van der Waals surface area contributed by atoms with Crippen molar-refractivity contribution >= 4 is 5.78 Å². The summed E-state index contributed by atoms with van der Waals surface area (Å²) in [5.41, 5.74) is 3.13. The average molecular weight is 328 g/mol. The van der Waals surface area contributed by atoms with Crippen LogP contribution in [0.2, 0.25) is 0 Å². The number of ketones is 1. The highest BCUT2D eigenvalue weighted by Crippen LogP contribution is 2.36. The van der Waals surface area contributed by atoms with Gasteiger partial charge in [0.25, 0.3) is 0 Å². The predicted molar refractivity (Wildman–Crippen MR) is 103 cm³/mol. The van der Waals surface area contributed by atoms with Crippen LogP contribution in [0.1, 0.15) is 53.4 Å². The molecule has 0 aromatic heterocycles. The van der Waals surface area contributed by atoms with E-state index in [0.717, 1.165) is 23.7 Å². The molecular formula is C22H32O2. The minimum absolute atomic E-state index is 0.0628. The van der Waals surface area contributed by atoms with Crippen molar-refractivity contribution in [3.63, 3.8) is 0 Å². The van der Waals surface area contributed by atoms with Crippen molar-refractivity contribution in [3.05, 3.63) is 59.9 Å². The van der Waals surface area contributed by atoms with Crippen LogP contribution in [0.15, 0.2) is 59.9 Å². The Kier molecular flexibility index (Phi) is 8.53. The Morgan fingerprint density at radius 1 is 1.25 bits per heavy atom. The van der Waals surface area contributed by atoms with Crippen molar-refractivity contribution in [1.82, 2.24) is 0 Å². The minimum atomic E-state index is -0.0628. The van der Waals surface area contributed by atoms with E-state index in [1.807, 2.05) is 32.9 Å². The van der Waals surface area contributed by atoms with E-state index in [4.69, 9.17) is 4.74 Å². The summed E-state index contributed by atoms with van der Waals surface area (Å²) in [6, 6.07) is 0. The van der Waals surface area contributed by atoms with Crippen molar-refractivity contribution in [3.8, 4) is 0 Å². The number of rotatable bonds is 10. The molecule has 1 saturated carbocycles. The Bertz CT molecular complexity index is 553. The summed E-state index contributed by atoms with van der Waals surface area (Å²) in [4.78, 5) is 11.9. The first-order chi connectivity index (χ1) is 11.4. The van der Waals surface area contributed by atoms with E-state index in [0.29, 0.717) is 18.1 Å². The second kappa shape index (κ2) is 10.1. The number of ether oxygens (including phenoxy) is 1. The molecule has 0 amide bonds. The Labute approximate surface area is 147 Å². The lowest BCUT2D eigenvalue weighted by molar-refractivity contribution is -0.111. The van der Waals surface area contributed by atoms with Crippen molar-refractivity contribution in [2.75, 3.05) is 6.61 Å². The van der Waals surface area contributed by atoms with Crippen molar-refractivity contribution < 1.29 is 9.53 Å². The highest BCUT2D eigenvalue weighted by molar-refractivity contribution is 6.06. The molecule has 0 radical (unpaired) electrons. The van der Waals surface area contributed by atoms with Gasteiger partial charge in [-0.1, -0.05) is 49.8 Å². The van der Waals surface area contributed by atoms with E-state index >= 15 is 0 Å². The van der Waals surface area contributed by atoms with Gasteiger partial charge in [-0.2, -0.15) is 0 Å². The van der Waals surface area contributed by atoms with Gasteiger partial charge in [-0.3, -0.25) is 4.79 Å². The topological polar surface area (TPSA) is 26.3 Å². The average Bonchev–Trinajstić information content (AvgIpc) is 2.48. The first-order valence-electron chi connectivity index (χ1n) is 8.85. The van der Waals surface area contributed by atoms with E-state index < -0.39 is 0 Å². The quantitative estimate of drug-likeness (QED) is 0.282. The Morgan fingerprint density at radius 3 is 2.38 bits per heavy atom. The van der Waals surface area contributed by atoms with Crippen LogP contribution in [0.5, 0.6) is 0 Å². The molecule has 132 valence electrons. The molecule has 1 atom stereocenters. The van der Waals surface area contributed by atoms with E-state index in [2.05, 4.69) is 26.2 Å². The normalized spacial score (nSPS) is 16.8. The zero-order valence-corrected chi connectivity index (χ0v) is 15.7. The van der Waals surface area contributed by atoms with E-state index in [1.165, 1.54) is 30.9 Å². The Morgan fingerprint density at radius 2 is 1.92 bits per heavy atom. The van der Waals surface area contributed by atoms with E-state index in [9.17, 15) is 4.79 Å². The summed E-state index contributed by atoms with van der Waals surface area (Å²) in [7, 11) is 0. The first kappa shape index (κ1) is 20.2. The van der Waals surface area contributed by atoms with Gasteiger partial charge in [-0.25, -0.2) is 0 Å². The van der Waals surface area contributed by atoms with Gasteiger partial charge in [0.2, 0.25) is 0 Å². The van der Waals surface area contributed by atoms with Gasteiger partial charge in [0.1, 0.15) is 0 Å². The summed E-state index contributed by atoms with van der Waals surface area (Å²) in [6.45, 7) is 16.0. The maximum atomic E-state index is 11.9. The third-order valence-corrected chi connectivity index (χ3v) is 4.48. The van der Waals surface area contributed by atoms with Crippen LogP contribution >= 0.6 is 0 Å². The van der Waals surface area contributed by atoms with E-state index in [-0.39, 0.29) is 5.78 Å². The predicted octanol–water partition coefficient (Wildman–Crippen LogP) is 5.94. The zero-order chi connectivity index (χ0) is 18.1. The van der Waals surface area contributed by atoms with Crippen LogP contribution in [0.4, 0.5) is 0 Å². The summed E-state index contributed by atoms with van der Waals surface area (Å²) in [6.07, 6.45) is 12.2. The van der Waals surface area contributed by atoms with Gasteiger partial charge >= 0.3 is 0 Å². The Balaban J connectivity index is 2.60. The van der Waals surface area contributed by atoms with Crippen LogP contribution in [-0.4, -0.2) is 12.4 Å². The monoisotopic (exact) mass is 328 g/mol. The van der Waals surface area contributed by atoms with Gasteiger partial charge in [0.15, 0.2) is 5.78 Å². The maximum absolute atomic E-state index is 11.9. The molecule has 0 saturated heterocycles. The van der Waals surface area contributed by atoms with Gasteiger partial charge in [-0.15, -0.1) is 0 Å². The minimum Gasteiger partial charge on any atom is -0.498 e. The number of carbonyl (C=O) groups is 1. The highest BCUT2D eigenvalue weighted by atomic mass is 16.5. The highest BCUT2D eigenvalue weighted by Gasteiger charge is 2.22. The van der Waals surface area contributed by atoms with Crippen LogP contribution < -0.4 is 0 Å². The van der Waals surface area contributed by atoms with Gasteiger partial charge < -0.3 is 4.74 Å². The van der Waals surface area contributed by atoms with Crippen LogP contribution in [0.3, 0.4) is 0 Å². The lowest BCUT2D eigenvalue weighted by Gasteiger charge is -2.30. The van der Waals surface area contributed by atoms with Crippen molar-refractivity contribution in [2.45, 2.75) is 53.4 Å². The fourth-order valence-electron chi connectivity index (χ4n) is 2.85. The lowest BCUT2D eigenvalue weighted by Crippen LogP contribution is -2.17. The second-order valence-corrected chi connectivity index (χ2v) is 6.96. The molecule has 0 N–H and O–H groups in total. The fourth-order valence-corrected chi connectivity index (χ4v) is 2.85. The fraction of sp³-hybridized carbons (Fsp3) is 0.500. The van der Waals surface area contributed by atoms with Crippen LogP contribution in [0, 0.1) is 11.8 Å². The molecule has 0 heterocycles. The van der Waals surface area contributed by atoms with Crippen LogP contribution in [0.25, 0.3) is 0 Å². The molecule has 1 fully saturated rings. The number of allylic oxidation sites excluding steroid dienone is 8. The molecule has 0 spiro atoms. The molecule has 1 aliphatic rings. The van der Waals surface area contributed by atoms with Gasteiger partial charge in [0, 0.05) is 5.57 Å². The summed E-state index contributed by atoms with van der Waals surface area (Å²) in [5, 5.41) is 0. The Hall–Kier alpha value is -1.83. The summed E-state index contributed by atoms with van der Waals surface area (Å²) >= 11 is 0. The molecule has 2 heteroatoms. The number of hydrogen-bond acceptors (Lipinski definition) is 2. The SMILES string of the molecule is C=CC=C(CC(C)COC(C)=CC(C(=O)C=C)=C(C)C)C1CCC1. The number of carbonyl (C=O) groups excluding carboxylic acids is 1. The van der Waals surface area contributed by atoms with Crippen molar-refractivity contribution in [2.24, 2.45) is 11.8 Å². The number of hydrogen-bond donors (Lipinski definition) is 0. The maximum Gasteiger partial charge on any atom is 0.185 e. The largest absolute Gasteiger partial charge is 0.498 e. The molecule has 0 aromatic rings. The summed E-state index contributed by atoms with van der Waals surface area (Å²) < 4.78 is 5.88. The molecule has 2 nitrogen and oxygen atoms in total. The summed E-state index contributed by atoms with van der Waals surface area (Å²) in [5.74, 6) is 1.88. The molecule has 1 unspecified atom stereocenters. The molecule has 1 aliphatic carbocycles. The molecule has 0 aliphatic heterocycles. The zero-order valence-electron chi connectivity index (χ0n) is 15.7. The standard InChI is InChI=1S/C22H32O2/c1-7-10-20(19-11-9-12-19)13-17(5)15-24-18(6)14-21(16(3)4)22(23)8-2/h7-8,10,14,17,19H,1-2,9,11-13,15H2,3-6H3. The molecule has 1 rings (SSSR count). The van der Waals surface area contributed by atoms with Gasteiger partial charge in [-0.05, 0) is 64.0 Å². The third-order valence-electron chi connectivity index (χ3n) is 4.48. The molecular weight excluding hydrogens is 296 g/mol. The van der Waals surface area contributed by atoms with Gasteiger partial charge in [0.05, 0.1) is 12.4 Å². The molecule has 0 aromatic carbocycles. The molecule has 24 heavy (non-hydrogen) atoms. The first-order valence-corrected chi connectivity index (χ1v) is 8.85. The smallest absolute Gasteiger partial charge is 0.185 e.